The van der Waals surface area contributed by atoms with Gasteiger partial charge < -0.3 is 19.1 Å². The number of para-hydroxylation sites is 3. The number of fused-ring (bicyclic) bond motifs is 4. The zero-order chi connectivity index (χ0) is 42.6. The summed E-state index contributed by atoms with van der Waals surface area (Å²) >= 11 is 0. The quantitative estimate of drug-likeness (QED) is 0.135. The van der Waals surface area contributed by atoms with Crippen molar-refractivity contribution in [3.05, 3.63) is 199 Å². The van der Waals surface area contributed by atoms with Gasteiger partial charge in [-0.1, -0.05) is 106 Å². The minimum atomic E-state index is -0.241. The first-order valence-corrected chi connectivity index (χ1v) is 21.3. The maximum absolute atomic E-state index is 14.5. The van der Waals surface area contributed by atoms with E-state index in [2.05, 4.69) is 184 Å². The average molecular weight is 1010 g/mol. The summed E-state index contributed by atoms with van der Waals surface area (Å²) in [4.78, 5) is 9.31. The van der Waals surface area contributed by atoms with Crippen molar-refractivity contribution < 1.29 is 30.2 Å². The Morgan fingerprint density at radius 1 is 0.587 bits per heavy atom. The minimum absolute atomic E-state index is 0. The molecule has 2 aromatic heterocycles. The van der Waals surface area contributed by atoms with Gasteiger partial charge in [0.25, 0.3) is 0 Å². The molecule has 3 heterocycles. The molecule has 63 heavy (non-hydrogen) atoms. The van der Waals surface area contributed by atoms with Crippen LogP contribution in [0.15, 0.2) is 152 Å². The van der Waals surface area contributed by atoms with Gasteiger partial charge in [0.15, 0.2) is 0 Å². The molecule has 0 fully saturated rings. The number of hydrogen-bond donors (Lipinski definition) is 0. The zero-order valence-corrected chi connectivity index (χ0v) is 38.3. The number of aromatic nitrogens is 2. The number of pyridine rings is 1. The van der Waals surface area contributed by atoms with Crippen LogP contribution in [-0.4, -0.2) is 9.55 Å². The molecule has 316 valence electrons. The van der Waals surface area contributed by atoms with Crippen molar-refractivity contribution in [3.8, 4) is 39.6 Å². The Kier molecular flexibility index (Phi) is 11.3. The van der Waals surface area contributed by atoms with Gasteiger partial charge in [0.2, 0.25) is 0 Å². The zero-order valence-electron chi connectivity index (χ0n) is 36.1. The Morgan fingerprint density at radius 3 is 1.97 bits per heavy atom. The molecule has 1 aliphatic rings. The van der Waals surface area contributed by atoms with Crippen LogP contribution >= 0.6 is 0 Å². The van der Waals surface area contributed by atoms with Crippen LogP contribution < -0.4 is 14.5 Å². The Labute approximate surface area is 383 Å². The number of anilines is 4. The third kappa shape index (κ3) is 7.83. The second-order valence-electron chi connectivity index (χ2n) is 16.9. The second kappa shape index (κ2) is 17.0. The van der Waals surface area contributed by atoms with E-state index in [0.29, 0.717) is 11.5 Å². The van der Waals surface area contributed by atoms with Crippen molar-refractivity contribution in [3.63, 3.8) is 0 Å². The standard InChI is InChI=1S/C56H46FN4O.Pt/c1-35(2)49-30-42(40-15-12-16-43(57)27-40)31-50(36(3)4)56(49)60-34-59(52-19-9-10-20-53(52)60)44-28-41(39-14-11-13-37(5)25-39)29-46(32-44)62-45-21-22-48-47-17-7-8-18-51(47)61(54(48)33-45)55-26-38(6)23-24-58-55;/h7-31,34-36H,1-6H3;/q-3;. The third-order valence-corrected chi connectivity index (χ3v) is 11.8. The fraction of sp³-hybridized carbons (Fsp3) is 0.143. The Balaban J connectivity index is 0.00000504. The van der Waals surface area contributed by atoms with Gasteiger partial charge in [0, 0.05) is 61.3 Å². The van der Waals surface area contributed by atoms with Crippen molar-refractivity contribution in [2.45, 2.75) is 53.4 Å². The van der Waals surface area contributed by atoms with Crippen LogP contribution in [0.1, 0.15) is 61.8 Å². The van der Waals surface area contributed by atoms with Crippen molar-refractivity contribution in [1.29, 1.82) is 0 Å². The molecule has 9 aromatic rings. The van der Waals surface area contributed by atoms with E-state index in [1.54, 1.807) is 12.1 Å². The van der Waals surface area contributed by atoms with E-state index in [1.807, 2.05) is 24.4 Å². The molecule has 0 atom stereocenters. The van der Waals surface area contributed by atoms with E-state index in [9.17, 15) is 4.39 Å². The van der Waals surface area contributed by atoms with Crippen molar-refractivity contribution in [2.24, 2.45) is 0 Å². The number of aryl methyl sites for hydroxylation is 2. The summed E-state index contributed by atoms with van der Waals surface area (Å²) in [5.41, 5.74) is 14.6. The molecule has 7 heteroatoms. The van der Waals surface area contributed by atoms with Crippen molar-refractivity contribution in [1.82, 2.24) is 9.55 Å². The Morgan fingerprint density at radius 2 is 1.25 bits per heavy atom. The molecule has 1 aliphatic heterocycles. The molecule has 0 radical (unpaired) electrons. The molecular formula is C56H46FN4OPt-3. The first kappa shape index (κ1) is 41.8. The summed E-state index contributed by atoms with van der Waals surface area (Å²) in [5.74, 6) is 2.12. The molecule has 0 bridgehead atoms. The van der Waals surface area contributed by atoms with Crippen LogP contribution in [-0.2, 0) is 21.1 Å². The number of benzene rings is 7. The van der Waals surface area contributed by atoms with Crippen LogP contribution in [0.4, 0.5) is 27.1 Å². The average Bonchev–Trinajstić information content (AvgIpc) is 3.82. The maximum atomic E-state index is 14.5. The monoisotopic (exact) mass is 1000 g/mol. The van der Waals surface area contributed by atoms with Crippen LogP contribution in [0.5, 0.6) is 11.5 Å². The summed E-state index contributed by atoms with van der Waals surface area (Å²) < 4.78 is 23.5. The number of ether oxygens (including phenoxy) is 1. The normalized spacial score (nSPS) is 12.4. The van der Waals surface area contributed by atoms with Gasteiger partial charge in [-0.05, 0) is 119 Å². The second-order valence-corrected chi connectivity index (χ2v) is 16.9. The molecule has 5 nitrogen and oxygen atoms in total. The molecule has 0 N–H and O–H groups in total. The van der Waals surface area contributed by atoms with Crippen molar-refractivity contribution in [2.75, 3.05) is 9.80 Å². The van der Waals surface area contributed by atoms with E-state index in [4.69, 9.17) is 9.72 Å². The molecule has 0 saturated heterocycles. The van der Waals surface area contributed by atoms with Gasteiger partial charge >= 0.3 is 0 Å². The summed E-state index contributed by atoms with van der Waals surface area (Å²) in [6.45, 7) is 15.3. The fourth-order valence-electron chi connectivity index (χ4n) is 8.79. The Bertz CT molecular complexity index is 3140. The summed E-state index contributed by atoms with van der Waals surface area (Å²) in [7, 11) is 0. The fourth-order valence-corrected chi connectivity index (χ4v) is 8.79. The van der Waals surface area contributed by atoms with Crippen LogP contribution in [0.2, 0.25) is 0 Å². The molecule has 0 aliphatic carbocycles. The van der Waals surface area contributed by atoms with Gasteiger partial charge in [0.05, 0.1) is 0 Å². The van der Waals surface area contributed by atoms with E-state index in [1.165, 1.54) is 22.8 Å². The molecule has 0 saturated carbocycles. The summed E-state index contributed by atoms with van der Waals surface area (Å²) in [6.07, 6.45) is 1.85. The number of halogens is 1. The molecule has 7 aromatic carbocycles. The topological polar surface area (TPSA) is 33.5 Å². The molecule has 0 spiro atoms. The van der Waals surface area contributed by atoms with Gasteiger partial charge in [-0.3, -0.25) is 0 Å². The van der Waals surface area contributed by atoms with Gasteiger partial charge in [0.1, 0.15) is 11.6 Å². The van der Waals surface area contributed by atoms with Gasteiger partial charge in [-0.25, -0.2) is 9.37 Å². The van der Waals surface area contributed by atoms with E-state index < -0.39 is 0 Å². The summed E-state index contributed by atoms with van der Waals surface area (Å²) in [5, 5.41) is 2.20. The predicted octanol–water partition coefficient (Wildman–Crippen LogP) is 15.3. The van der Waals surface area contributed by atoms with E-state index in [-0.39, 0.29) is 38.7 Å². The van der Waals surface area contributed by atoms with E-state index >= 15 is 0 Å². The van der Waals surface area contributed by atoms with E-state index in [0.717, 1.165) is 78.2 Å². The third-order valence-electron chi connectivity index (χ3n) is 11.8. The minimum Gasteiger partial charge on any atom is -0.509 e. The molecule has 0 unspecified atom stereocenters. The van der Waals surface area contributed by atoms with Crippen LogP contribution in [0.3, 0.4) is 0 Å². The first-order valence-electron chi connectivity index (χ1n) is 21.3. The largest absolute Gasteiger partial charge is 0.509 e. The predicted molar refractivity (Wildman–Crippen MR) is 253 cm³/mol. The molecule has 10 rings (SSSR count). The van der Waals surface area contributed by atoms with Crippen LogP contribution in [0.25, 0.3) is 49.9 Å². The number of rotatable bonds is 9. The molecular weight excluding hydrogens is 959 g/mol. The Hall–Kier alpha value is -6.49. The summed E-state index contributed by atoms with van der Waals surface area (Å²) in [6, 6.07) is 56.6. The van der Waals surface area contributed by atoms with Gasteiger partial charge in [-0.15, -0.1) is 53.6 Å². The number of nitrogens with zero attached hydrogens (tertiary/aromatic N) is 4. The maximum Gasteiger partial charge on any atom is 0.135 e. The van der Waals surface area contributed by atoms with Crippen molar-refractivity contribution >= 4 is 44.6 Å². The number of hydrogen-bond acceptors (Lipinski definition) is 4. The SMILES string of the molecule is Cc1cccc(-c2cc(Oc3[c-]c4c(cc3)c3ccccc3n4-c3cc(C)ccn3)[c-]c(N3[CH-]N(c4c(C(C)C)cc(-c5cccc(F)c5)cc4C(C)C)c4ccccc43)c2)c1.[Pt]. The first-order chi connectivity index (χ1) is 30.1. The molecule has 0 amide bonds. The van der Waals surface area contributed by atoms with Gasteiger partial charge in [-0.2, -0.15) is 6.07 Å². The smallest absolute Gasteiger partial charge is 0.135 e. The van der Waals surface area contributed by atoms with Crippen LogP contribution in [0, 0.1) is 38.5 Å².